The van der Waals surface area contributed by atoms with Gasteiger partial charge in [0.25, 0.3) is 0 Å². The highest BCUT2D eigenvalue weighted by atomic mass is 35.5. The Bertz CT molecular complexity index is 1180. The van der Waals surface area contributed by atoms with Crippen LogP contribution in [0.3, 0.4) is 0 Å². The van der Waals surface area contributed by atoms with E-state index >= 15 is 0 Å². The molecule has 7 nitrogen and oxygen atoms in total. The monoisotopic (exact) mass is 573 g/mol. The molecule has 0 radical (unpaired) electrons. The molecule has 11 heteroatoms. The van der Waals surface area contributed by atoms with Gasteiger partial charge in [-0.3, -0.25) is 13.9 Å². The zero-order chi connectivity index (χ0) is 27.6. The molecule has 0 aromatic heterocycles. The fourth-order valence-corrected chi connectivity index (χ4v) is 5.18. The second-order valence-corrected chi connectivity index (χ2v) is 11.5. The lowest BCUT2D eigenvalue weighted by atomic mass is 10.1. The third-order valence-corrected chi connectivity index (χ3v) is 7.74. The van der Waals surface area contributed by atoms with Gasteiger partial charge in [-0.1, -0.05) is 61.7 Å². The summed E-state index contributed by atoms with van der Waals surface area (Å²) in [7, 11) is -3.79. The van der Waals surface area contributed by atoms with Gasteiger partial charge in [-0.2, -0.15) is 0 Å². The molecule has 2 aromatic carbocycles. The summed E-state index contributed by atoms with van der Waals surface area (Å²) in [5, 5.41) is 3.60. The summed E-state index contributed by atoms with van der Waals surface area (Å²) >= 11 is 12.2. The molecule has 2 amide bonds. The number of hydrogen-bond acceptors (Lipinski definition) is 4. The number of benzene rings is 2. The van der Waals surface area contributed by atoms with Crippen molar-refractivity contribution < 1.29 is 22.4 Å². The Balaban J connectivity index is 2.23. The quantitative estimate of drug-likeness (QED) is 0.306. The number of carbonyl (C=O) groups is 2. The number of rotatable bonds is 14. The molecular formula is C26H34Cl2FN3O4S. The van der Waals surface area contributed by atoms with Crippen molar-refractivity contribution in [2.75, 3.05) is 23.7 Å². The number of sulfonamides is 1. The summed E-state index contributed by atoms with van der Waals surface area (Å²) in [5.41, 5.74) is 0.624. The van der Waals surface area contributed by atoms with Crippen LogP contribution in [-0.4, -0.2) is 50.5 Å². The lowest BCUT2D eigenvalue weighted by Crippen LogP contribution is -2.49. The van der Waals surface area contributed by atoms with Gasteiger partial charge in [0.05, 0.1) is 22.0 Å². The smallest absolute Gasteiger partial charge is 0.242 e. The van der Waals surface area contributed by atoms with Crippen LogP contribution in [0, 0.1) is 5.82 Å². The Morgan fingerprint density at radius 1 is 1.05 bits per heavy atom. The summed E-state index contributed by atoms with van der Waals surface area (Å²) in [4.78, 5) is 27.9. The Morgan fingerprint density at radius 2 is 1.76 bits per heavy atom. The minimum Gasteiger partial charge on any atom is -0.354 e. The molecule has 0 spiro atoms. The van der Waals surface area contributed by atoms with Crippen LogP contribution < -0.4 is 9.62 Å². The van der Waals surface area contributed by atoms with Crippen LogP contribution in [-0.2, 0) is 26.2 Å². The Labute approximate surface area is 229 Å². The number of unbranched alkanes of at least 4 members (excludes halogenated alkanes) is 1. The van der Waals surface area contributed by atoms with Crippen LogP contribution in [0.25, 0.3) is 0 Å². The maximum Gasteiger partial charge on any atom is 0.242 e. The number of amides is 2. The highest BCUT2D eigenvalue weighted by molar-refractivity contribution is 7.92. The number of nitrogens with one attached hydrogen (secondary N) is 1. The van der Waals surface area contributed by atoms with E-state index in [0.717, 1.165) is 23.4 Å². The van der Waals surface area contributed by atoms with E-state index < -0.39 is 21.9 Å². The van der Waals surface area contributed by atoms with Gasteiger partial charge in [0, 0.05) is 26.1 Å². The molecule has 0 unspecified atom stereocenters. The van der Waals surface area contributed by atoms with Crippen LogP contribution in [0.2, 0.25) is 10.0 Å². The highest BCUT2D eigenvalue weighted by Gasteiger charge is 2.29. The average Bonchev–Trinajstić information content (AvgIpc) is 2.84. The van der Waals surface area contributed by atoms with E-state index in [1.165, 1.54) is 23.1 Å². The van der Waals surface area contributed by atoms with Crippen molar-refractivity contribution in [3.63, 3.8) is 0 Å². The van der Waals surface area contributed by atoms with Crippen LogP contribution in [0.5, 0.6) is 0 Å². The van der Waals surface area contributed by atoms with E-state index in [2.05, 4.69) is 5.32 Å². The number of anilines is 1. The largest absolute Gasteiger partial charge is 0.354 e. The minimum absolute atomic E-state index is 0.0411. The summed E-state index contributed by atoms with van der Waals surface area (Å²) < 4.78 is 40.0. The van der Waals surface area contributed by atoms with Crippen LogP contribution in [0.4, 0.5) is 10.1 Å². The first-order valence-electron chi connectivity index (χ1n) is 12.2. The number of halogens is 3. The second kappa shape index (κ2) is 14.5. The predicted octanol–water partition coefficient (Wildman–Crippen LogP) is 5.40. The zero-order valence-corrected chi connectivity index (χ0v) is 23.7. The fraction of sp³-hybridized carbons (Fsp3) is 0.462. The van der Waals surface area contributed by atoms with Crippen LogP contribution >= 0.6 is 23.2 Å². The molecule has 37 heavy (non-hydrogen) atoms. The number of carbonyl (C=O) groups excluding carboxylic acids is 2. The van der Waals surface area contributed by atoms with Gasteiger partial charge < -0.3 is 10.2 Å². The molecule has 1 N–H and O–H groups in total. The molecule has 1 atom stereocenters. The summed E-state index contributed by atoms with van der Waals surface area (Å²) in [6, 6.07) is 9.86. The van der Waals surface area contributed by atoms with Gasteiger partial charge in [0.1, 0.15) is 11.9 Å². The second-order valence-electron chi connectivity index (χ2n) is 8.73. The van der Waals surface area contributed by atoms with E-state index in [1.807, 2.05) is 13.8 Å². The number of para-hydroxylation sites is 1. The molecule has 0 fully saturated rings. The first-order valence-corrected chi connectivity index (χ1v) is 14.8. The maximum atomic E-state index is 14.3. The standard InChI is InChI=1S/C26H34Cl2FN3O4S/c1-4-6-15-30-26(34)23(5-2)31(18-19-13-14-20(27)21(28)17-19)25(33)12-9-16-32(37(3,35)36)24-11-8-7-10-22(24)29/h7-8,10-11,13-14,17,23H,4-6,9,12,15-16,18H2,1-3H3,(H,30,34)/t23-/m0/s1. The molecule has 0 saturated carbocycles. The molecule has 204 valence electrons. The van der Waals surface area contributed by atoms with Gasteiger partial charge in [-0.25, -0.2) is 12.8 Å². The lowest BCUT2D eigenvalue weighted by Gasteiger charge is -2.31. The average molecular weight is 575 g/mol. The first-order chi connectivity index (χ1) is 17.5. The Kier molecular flexibility index (Phi) is 12.1. The van der Waals surface area contributed by atoms with Crippen LogP contribution in [0.1, 0.15) is 51.5 Å². The molecule has 0 aliphatic carbocycles. The topological polar surface area (TPSA) is 86.8 Å². The molecule has 2 rings (SSSR count). The van der Waals surface area contributed by atoms with Gasteiger partial charge in [0.15, 0.2) is 0 Å². The summed E-state index contributed by atoms with van der Waals surface area (Å²) in [5.74, 6) is -1.26. The van der Waals surface area contributed by atoms with E-state index in [1.54, 1.807) is 24.3 Å². The van der Waals surface area contributed by atoms with Crippen molar-refractivity contribution in [2.45, 2.75) is 58.5 Å². The normalized spacial score (nSPS) is 12.2. The van der Waals surface area contributed by atoms with Crippen molar-refractivity contribution in [2.24, 2.45) is 0 Å². The first kappa shape index (κ1) is 30.9. The third kappa shape index (κ3) is 9.16. The SMILES string of the molecule is CCCCNC(=O)[C@H](CC)N(Cc1ccc(Cl)c(Cl)c1)C(=O)CCCN(c1ccccc1F)S(C)(=O)=O. The molecule has 0 heterocycles. The maximum absolute atomic E-state index is 14.3. The van der Waals surface area contributed by atoms with Crippen LogP contribution in [0.15, 0.2) is 42.5 Å². The van der Waals surface area contributed by atoms with E-state index in [0.29, 0.717) is 28.6 Å². The molecular weight excluding hydrogens is 540 g/mol. The fourth-order valence-electron chi connectivity index (χ4n) is 3.90. The van der Waals surface area contributed by atoms with Crippen molar-refractivity contribution >= 4 is 50.7 Å². The lowest BCUT2D eigenvalue weighted by molar-refractivity contribution is -0.141. The molecule has 0 bridgehead atoms. The Morgan fingerprint density at radius 3 is 2.35 bits per heavy atom. The third-order valence-electron chi connectivity index (χ3n) is 5.83. The summed E-state index contributed by atoms with van der Waals surface area (Å²) in [6.45, 7) is 4.38. The summed E-state index contributed by atoms with van der Waals surface area (Å²) in [6.07, 6.45) is 3.20. The molecule has 0 saturated heterocycles. The highest BCUT2D eigenvalue weighted by Crippen LogP contribution is 2.25. The van der Waals surface area contributed by atoms with Crippen molar-refractivity contribution in [3.8, 4) is 0 Å². The van der Waals surface area contributed by atoms with Crippen molar-refractivity contribution in [1.82, 2.24) is 10.2 Å². The Hall–Kier alpha value is -2.36. The molecule has 2 aromatic rings. The van der Waals surface area contributed by atoms with E-state index in [-0.39, 0.29) is 43.4 Å². The number of nitrogens with zero attached hydrogens (tertiary/aromatic N) is 2. The molecule has 0 aliphatic heterocycles. The molecule has 0 aliphatic rings. The van der Waals surface area contributed by atoms with Gasteiger partial charge in [-0.05, 0) is 49.1 Å². The van der Waals surface area contributed by atoms with E-state index in [4.69, 9.17) is 23.2 Å². The predicted molar refractivity (Wildman–Crippen MR) is 147 cm³/mol. The minimum atomic E-state index is -3.79. The van der Waals surface area contributed by atoms with Crippen molar-refractivity contribution in [3.05, 3.63) is 63.9 Å². The zero-order valence-electron chi connectivity index (χ0n) is 21.3. The van der Waals surface area contributed by atoms with Crippen molar-refractivity contribution in [1.29, 1.82) is 0 Å². The van der Waals surface area contributed by atoms with Gasteiger partial charge >= 0.3 is 0 Å². The number of hydrogen-bond donors (Lipinski definition) is 1. The van der Waals surface area contributed by atoms with Gasteiger partial charge in [0.2, 0.25) is 21.8 Å². The van der Waals surface area contributed by atoms with E-state index in [9.17, 15) is 22.4 Å². The van der Waals surface area contributed by atoms with Gasteiger partial charge in [-0.15, -0.1) is 0 Å².